The van der Waals surface area contributed by atoms with Crippen LogP contribution in [0, 0.1) is 0 Å². The first-order valence-corrected chi connectivity index (χ1v) is 10.4. The van der Waals surface area contributed by atoms with Gasteiger partial charge in [0.2, 0.25) is 10.0 Å². The van der Waals surface area contributed by atoms with E-state index >= 15 is 0 Å². The summed E-state index contributed by atoms with van der Waals surface area (Å²) in [5, 5.41) is 2.87. The second-order valence-electron chi connectivity index (χ2n) is 6.03. The zero-order chi connectivity index (χ0) is 21.8. The van der Waals surface area contributed by atoms with Crippen molar-refractivity contribution in [3.8, 4) is 17.2 Å². The number of nitrogens with zero attached hydrogens (tertiary/aromatic N) is 1. The van der Waals surface area contributed by atoms with Crippen LogP contribution in [0.3, 0.4) is 0 Å². The highest BCUT2D eigenvalue weighted by atomic mass is 35.5. The number of carbonyl (C=O) groups excluding carboxylic acids is 1. The summed E-state index contributed by atoms with van der Waals surface area (Å²) in [5.74, 6) is 0.427. The number of amides is 1. The Morgan fingerprint density at radius 2 is 1.76 bits per heavy atom. The third kappa shape index (κ3) is 4.92. The molecule has 0 unspecified atom stereocenters. The first-order valence-electron chi connectivity index (χ1n) is 8.57. The fourth-order valence-corrected chi connectivity index (χ4v) is 3.68. The van der Waals surface area contributed by atoms with Gasteiger partial charge in [0.05, 0.1) is 36.4 Å². The molecule has 0 heterocycles. The van der Waals surface area contributed by atoms with E-state index in [1.165, 1.54) is 58.6 Å². The van der Waals surface area contributed by atoms with Gasteiger partial charge in [-0.1, -0.05) is 11.6 Å². The predicted octanol–water partition coefficient (Wildman–Crippen LogP) is 3.26. The lowest BCUT2D eigenvalue weighted by Gasteiger charge is -2.16. The van der Waals surface area contributed by atoms with Gasteiger partial charge in [-0.3, -0.25) is 4.79 Å². The highest BCUT2D eigenvalue weighted by Gasteiger charge is 2.21. The standard InChI is InChI=1S/C19H23ClN2O6S/c1-6-28-18-14(20)9-12(10-17(18)27-5)19(23)21-15-11-13(7-8-16(15)26-4)29(24,25)22(2)3/h7-11H,6H2,1-5H3,(H,21,23). The van der Waals surface area contributed by atoms with Crippen molar-refractivity contribution >= 4 is 33.2 Å². The average Bonchev–Trinajstić information content (AvgIpc) is 2.69. The molecule has 0 aliphatic rings. The van der Waals surface area contributed by atoms with E-state index in [4.69, 9.17) is 25.8 Å². The van der Waals surface area contributed by atoms with E-state index in [-0.39, 0.29) is 21.2 Å². The largest absolute Gasteiger partial charge is 0.495 e. The molecule has 0 spiro atoms. The number of methoxy groups -OCH3 is 2. The van der Waals surface area contributed by atoms with Gasteiger partial charge in [-0.2, -0.15) is 0 Å². The monoisotopic (exact) mass is 442 g/mol. The molecule has 0 radical (unpaired) electrons. The summed E-state index contributed by atoms with van der Waals surface area (Å²) < 4.78 is 41.8. The molecule has 0 saturated heterocycles. The molecule has 29 heavy (non-hydrogen) atoms. The van der Waals surface area contributed by atoms with Crippen LogP contribution in [-0.4, -0.2) is 53.6 Å². The summed E-state index contributed by atoms with van der Waals surface area (Å²) in [6.45, 7) is 2.18. The number of carbonyl (C=O) groups is 1. The third-order valence-electron chi connectivity index (χ3n) is 3.98. The molecule has 0 bridgehead atoms. The number of hydrogen-bond donors (Lipinski definition) is 1. The summed E-state index contributed by atoms with van der Waals surface area (Å²) >= 11 is 6.22. The van der Waals surface area contributed by atoms with Crippen LogP contribution in [0.2, 0.25) is 5.02 Å². The second-order valence-corrected chi connectivity index (χ2v) is 8.59. The number of halogens is 1. The zero-order valence-electron chi connectivity index (χ0n) is 16.8. The number of nitrogens with one attached hydrogen (secondary N) is 1. The maximum atomic E-state index is 12.8. The number of sulfonamides is 1. The van der Waals surface area contributed by atoms with Gasteiger partial charge in [-0.25, -0.2) is 12.7 Å². The van der Waals surface area contributed by atoms with Gasteiger partial charge in [0.15, 0.2) is 11.5 Å². The molecule has 0 aliphatic carbocycles. The van der Waals surface area contributed by atoms with Crippen LogP contribution in [0.25, 0.3) is 0 Å². The van der Waals surface area contributed by atoms with Gasteiger partial charge in [-0.15, -0.1) is 0 Å². The molecule has 2 rings (SSSR count). The predicted molar refractivity (Wildman–Crippen MR) is 111 cm³/mol. The lowest BCUT2D eigenvalue weighted by Crippen LogP contribution is -2.22. The lowest BCUT2D eigenvalue weighted by molar-refractivity contribution is 0.102. The average molecular weight is 443 g/mol. The van der Waals surface area contributed by atoms with Gasteiger partial charge >= 0.3 is 0 Å². The van der Waals surface area contributed by atoms with Crippen LogP contribution in [0.5, 0.6) is 17.2 Å². The zero-order valence-corrected chi connectivity index (χ0v) is 18.3. The smallest absolute Gasteiger partial charge is 0.255 e. The van der Waals surface area contributed by atoms with Crippen LogP contribution < -0.4 is 19.5 Å². The molecule has 2 aromatic rings. The SMILES string of the molecule is CCOc1c(Cl)cc(C(=O)Nc2cc(S(=O)(=O)N(C)C)ccc2OC)cc1OC. The number of rotatable bonds is 8. The first-order chi connectivity index (χ1) is 13.6. The second kappa shape index (κ2) is 9.34. The molecule has 158 valence electrons. The molecule has 8 nitrogen and oxygen atoms in total. The van der Waals surface area contributed by atoms with Crippen molar-refractivity contribution in [3.63, 3.8) is 0 Å². The van der Waals surface area contributed by atoms with E-state index in [2.05, 4.69) is 5.32 Å². The summed E-state index contributed by atoms with van der Waals surface area (Å²) in [7, 11) is 2.02. The number of ether oxygens (including phenoxy) is 3. The van der Waals surface area contributed by atoms with Crippen molar-refractivity contribution in [2.75, 3.05) is 40.2 Å². The third-order valence-corrected chi connectivity index (χ3v) is 6.07. The van der Waals surface area contributed by atoms with Crippen LogP contribution >= 0.6 is 11.6 Å². The van der Waals surface area contributed by atoms with Crippen molar-refractivity contribution in [3.05, 3.63) is 40.9 Å². The van der Waals surface area contributed by atoms with E-state index in [9.17, 15) is 13.2 Å². The highest BCUT2D eigenvalue weighted by molar-refractivity contribution is 7.89. The Labute approximate surface area is 175 Å². The Morgan fingerprint density at radius 3 is 2.31 bits per heavy atom. The lowest BCUT2D eigenvalue weighted by atomic mass is 10.1. The van der Waals surface area contributed by atoms with Crippen LogP contribution in [-0.2, 0) is 10.0 Å². The van der Waals surface area contributed by atoms with Gasteiger partial charge in [0.1, 0.15) is 5.75 Å². The first kappa shape index (κ1) is 22.8. The molecule has 0 saturated carbocycles. The molecule has 0 atom stereocenters. The molecular weight excluding hydrogens is 420 g/mol. The molecule has 1 N–H and O–H groups in total. The Hall–Kier alpha value is -2.49. The molecule has 0 fully saturated rings. The molecule has 2 aromatic carbocycles. The minimum absolute atomic E-state index is 0.0147. The Bertz CT molecular complexity index is 1010. The van der Waals surface area contributed by atoms with Gasteiger partial charge in [0, 0.05) is 19.7 Å². The summed E-state index contributed by atoms with van der Waals surface area (Å²) in [6, 6.07) is 7.13. The van der Waals surface area contributed by atoms with E-state index in [1.807, 2.05) is 0 Å². The fourth-order valence-electron chi connectivity index (χ4n) is 2.49. The van der Waals surface area contributed by atoms with Crippen molar-refractivity contribution < 1.29 is 27.4 Å². The molecule has 0 aromatic heterocycles. The number of benzene rings is 2. The minimum atomic E-state index is -3.69. The van der Waals surface area contributed by atoms with Crippen molar-refractivity contribution in [2.24, 2.45) is 0 Å². The molecule has 0 aliphatic heterocycles. The fraction of sp³-hybridized carbons (Fsp3) is 0.316. The van der Waals surface area contributed by atoms with Crippen molar-refractivity contribution in [1.82, 2.24) is 4.31 Å². The quantitative estimate of drug-likeness (QED) is 0.674. The Morgan fingerprint density at radius 1 is 1.10 bits per heavy atom. The molecule has 10 heteroatoms. The highest BCUT2D eigenvalue weighted by Crippen LogP contribution is 2.37. The summed E-state index contributed by atoms with van der Waals surface area (Å²) in [5.41, 5.74) is 0.405. The van der Waals surface area contributed by atoms with Gasteiger partial charge in [0.25, 0.3) is 5.91 Å². The minimum Gasteiger partial charge on any atom is -0.495 e. The number of anilines is 1. The maximum absolute atomic E-state index is 12.8. The van der Waals surface area contributed by atoms with Crippen LogP contribution in [0.15, 0.2) is 35.2 Å². The number of hydrogen-bond acceptors (Lipinski definition) is 6. The summed E-state index contributed by atoms with van der Waals surface area (Å²) in [4.78, 5) is 12.8. The Balaban J connectivity index is 2.43. The van der Waals surface area contributed by atoms with E-state index in [1.54, 1.807) is 6.92 Å². The van der Waals surface area contributed by atoms with Crippen molar-refractivity contribution in [1.29, 1.82) is 0 Å². The van der Waals surface area contributed by atoms with Crippen molar-refractivity contribution in [2.45, 2.75) is 11.8 Å². The molecular formula is C19H23ClN2O6S. The van der Waals surface area contributed by atoms with Gasteiger partial charge < -0.3 is 19.5 Å². The van der Waals surface area contributed by atoms with Crippen LogP contribution in [0.4, 0.5) is 5.69 Å². The normalized spacial score (nSPS) is 11.3. The molecule has 1 amide bonds. The maximum Gasteiger partial charge on any atom is 0.255 e. The Kier molecular flexibility index (Phi) is 7.34. The van der Waals surface area contributed by atoms with E-state index in [0.717, 1.165) is 4.31 Å². The van der Waals surface area contributed by atoms with E-state index in [0.29, 0.717) is 23.9 Å². The van der Waals surface area contributed by atoms with Gasteiger partial charge in [-0.05, 0) is 37.3 Å². The van der Waals surface area contributed by atoms with E-state index < -0.39 is 15.9 Å². The van der Waals surface area contributed by atoms with Crippen LogP contribution in [0.1, 0.15) is 17.3 Å². The topological polar surface area (TPSA) is 94.2 Å². The summed E-state index contributed by atoms with van der Waals surface area (Å²) in [6.07, 6.45) is 0.